The fourth-order valence-corrected chi connectivity index (χ4v) is 4.00. The van der Waals surface area contributed by atoms with Crippen molar-refractivity contribution in [3.63, 3.8) is 0 Å². The zero-order chi connectivity index (χ0) is 16.2. The average molecular weight is 315 g/mol. The molecule has 3 rings (SSSR count). The normalized spacial score (nSPS) is 27.2. The third-order valence-electron chi connectivity index (χ3n) is 5.01. The fourth-order valence-electron chi connectivity index (χ4n) is 4.00. The van der Waals surface area contributed by atoms with Crippen LogP contribution in [0, 0.1) is 11.8 Å². The topological polar surface area (TPSA) is 38.1 Å². The van der Waals surface area contributed by atoms with E-state index >= 15 is 0 Å². The fraction of sp³-hybridized carbons (Fsp3) is 0.733. The lowest BCUT2D eigenvalue weighted by atomic mass is 10.0. The van der Waals surface area contributed by atoms with E-state index in [4.69, 9.17) is 0 Å². The average Bonchev–Trinajstić information content (AvgIpc) is 2.83. The first-order valence-corrected chi connectivity index (χ1v) is 7.70. The number of likely N-dealkylation sites (tertiary alicyclic amines) is 1. The SMILES string of the molecule is CCc1nn(C)c(CC)c1[C@H]1[C@@H]2CN(C(=O)C(F)(F)F)C[C@@H]21. The van der Waals surface area contributed by atoms with E-state index in [-0.39, 0.29) is 30.8 Å². The summed E-state index contributed by atoms with van der Waals surface area (Å²) in [5, 5.41) is 4.54. The maximum absolute atomic E-state index is 12.5. The maximum Gasteiger partial charge on any atom is 0.471 e. The Morgan fingerprint density at radius 3 is 2.27 bits per heavy atom. The quantitative estimate of drug-likeness (QED) is 0.858. The second-order valence-corrected chi connectivity index (χ2v) is 6.20. The van der Waals surface area contributed by atoms with Gasteiger partial charge >= 0.3 is 12.1 Å². The molecule has 0 bridgehead atoms. The minimum Gasteiger partial charge on any atom is -0.334 e. The lowest BCUT2D eigenvalue weighted by Crippen LogP contribution is -2.41. The van der Waals surface area contributed by atoms with E-state index in [2.05, 4.69) is 12.0 Å². The van der Waals surface area contributed by atoms with Crippen molar-refractivity contribution >= 4 is 5.91 Å². The third kappa shape index (κ3) is 2.21. The van der Waals surface area contributed by atoms with E-state index < -0.39 is 12.1 Å². The van der Waals surface area contributed by atoms with Gasteiger partial charge in [0.05, 0.1) is 5.69 Å². The van der Waals surface area contributed by atoms with Crippen molar-refractivity contribution < 1.29 is 18.0 Å². The van der Waals surface area contributed by atoms with Gasteiger partial charge in [-0.3, -0.25) is 9.48 Å². The monoisotopic (exact) mass is 315 g/mol. The number of aromatic nitrogens is 2. The van der Waals surface area contributed by atoms with Gasteiger partial charge in [-0.2, -0.15) is 18.3 Å². The summed E-state index contributed by atoms with van der Waals surface area (Å²) >= 11 is 0. The van der Waals surface area contributed by atoms with Crippen molar-refractivity contribution in [2.24, 2.45) is 18.9 Å². The van der Waals surface area contributed by atoms with Crippen LogP contribution in [0.15, 0.2) is 0 Å². The first kappa shape index (κ1) is 15.4. The molecule has 7 heteroatoms. The van der Waals surface area contributed by atoms with E-state index in [0.717, 1.165) is 23.4 Å². The number of aryl methyl sites for hydroxylation is 2. The molecule has 2 aliphatic rings. The molecule has 4 nitrogen and oxygen atoms in total. The van der Waals surface area contributed by atoms with Crippen LogP contribution in [-0.2, 0) is 24.7 Å². The number of nitrogens with zero attached hydrogens (tertiary/aromatic N) is 3. The van der Waals surface area contributed by atoms with Gasteiger partial charge in [-0.05, 0) is 30.6 Å². The molecule has 1 saturated heterocycles. The van der Waals surface area contributed by atoms with Crippen molar-refractivity contribution in [2.45, 2.75) is 38.8 Å². The molecule has 0 unspecified atom stereocenters. The molecular weight excluding hydrogens is 295 g/mol. The molecule has 1 aliphatic heterocycles. The van der Waals surface area contributed by atoms with E-state index in [1.54, 1.807) is 0 Å². The first-order chi connectivity index (χ1) is 10.3. The van der Waals surface area contributed by atoms with Gasteiger partial charge < -0.3 is 4.90 Å². The predicted molar refractivity (Wildman–Crippen MR) is 74.3 cm³/mol. The predicted octanol–water partition coefficient (Wildman–Crippen LogP) is 2.28. The van der Waals surface area contributed by atoms with Crippen molar-refractivity contribution in [1.82, 2.24) is 14.7 Å². The van der Waals surface area contributed by atoms with Gasteiger partial charge in [0.15, 0.2) is 0 Å². The van der Waals surface area contributed by atoms with Gasteiger partial charge in [0.1, 0.15) is 0 Å². The Balaban J connectivity index is 1.77. The molecule has 2 heterocycles. The minimum atomic E-state index is -4.76. The second kappa shape index (κ2) is 4.99. The van der Waals surface area contributed by atoms with Crippen LogP contribution in [0.1, 0.15) is 36.7 Å². The highest BCUT2D eigenvalue weighted by Gasteiger charge is 2.60. The minimum absolute atomic E-state index is 0.158. The highest BCUT2D eigenvalue weighted by molar-refractivity contribution is 5.82. The molecule has 0 radical (unpaired) electrons. The van der Waals surface area contributed by atoms with Crippen LogP contribution in [0.5, 0.6) is 0 Å². The molecule has 1 saturated carbocycles. The van der Waals surface area contributed by atoms with Crippen molar-refractivity contribution in [2.75, 3.05) is 13.1 Å². The number of halogens is 3. The Bertz CT molecular complexity index is 596. The maximum atomic E-state index is 12.5. The summed E-state index contributed by atoms with van der Waals surface area (Å²) in [6.45, 7) is 4.55. The van der Waals surface area contributed by atoms with E-state index in [1.165, 1.54) is 11.3 Å². The van der Waals surface area contributed by atoms with Crippen LogP contribution in [0.3, 0.4) is 0 Å². The number of fused-ring (bicyclic) bond motifs is 1. The van der Waals surface area contributed by atoms with Crippen LogP contribution in [0.25, 0.3) is 0 Å². The Morgan fingerprint density at radius 1 is 1.23 bits per heavy atom. The van der Waals surface area contributed by atoms with Gasteiger partial charge in [0.25, 0.3) is 0 Å². The number of piperidine rings is 1. The molecular formula is C15H20F3N3O. The highest BCUT2D eigenvalue weighted by Crippen LogP contribution is 2.59. The molecule has 122 valence electrons. The largest absolute Gasteiger partial charge is 0.471 e. The van der Waals surface area contributed by atoms with Crippen LogP contribution >= 0.6 is 0 Å². The van der Waals surface area contributed by atoms with E-state index in [1.807, 2.05) is 18.7 Å². The molecule has 0 N–H and O–H groups in total. The molecule has 22 heavy (non-hydrogen) atoms. The molecule has 1 aromatic rings. The zero-order valence-corrected chi connectivity index (χ0v) is 12.9. The van der Waals surface area contributed by atoms with Gasteiger partial charge in [0, 0.05) is 31.4 Å². The number of carbonyl (C=O) groups excluding carboxylic acids is 1. The lowest BCUT2D eigenvalue weighted by molar-refractivity contribution is -0.184. The van der Waals surface area contributed by atoms with Crippen LogP contribution in [0.2, 0.25) is 0 Å². The first-order valence-electron chi connectivity index (χ1n) is 7.70. The smallest absolute Gasteiger partial charge is 0.334 e. The van der Waals surface area contributed by atoms with Gasteiger partial charge in [-0.25, -0.2) is 0 Å². The summed E-state index contributed by atoms with van der Waals surface area (Å²) in [4.78, 5) is 12.3. The Kier molecular flexibility index (Phi) is 3.49. The number of hydrogen-bond donors (Lipinski definition) is 0. The standard InChI is InChI=1S/C15H20F3N3O/c1-4-10-13(11(5-2)20(3)19-10)12-8-6-21(7-9(8)12)14(22)15(16,17)18/h8-9,12H,4-7H2,1-3H3/t8-,9+,12+. The molecule has 2 fully saturated rings. The molecule has 1 aliphatic carbocycles. The van der Waals surface area contributed by atoms with Crippen molar-refractivity contribution in [1.29, 1.82) is 0 Å². The summed E-state index contributed by atoms with van der Waals surface area (Å²) in [6.07, 6.45) is -3.08. The zero-order valence-electron chi connectivity index (χ0n) is 12.9. The molecule has 1 amide bonds. The summed E-state index contributed by atoms with van der Waals surface area (Å²) in [7, 11) is 1.92. The highest BCUT2D eigenvalue weighted by atomic mass is 19.4. The lowest BCUT2D eigenvalue weighted by Gasteiger charge is -2.21. The Morgan fingerprint density at radius 2 is 1.82 bits per heavy atom. The summed E-state index contributed by atoms with van der Waals surface area (Å²) < 4.78 is 39.4. The molecule has 3 atom stereocenters. The van der Waals surface area contributed by atoms with Gasteiger partial charge in [-0.15, -0.1) is 0 Å². The number of alkyl halides is 3. The second-order valence-electron chi connectivity index (χ2n) is 6.20. The Labute approximate surface area is 127 Å². The van der Waals surface area contributed by atoms with Gasteiger partial charge in [0.2, 0.25) is 0 Å². The third-order valence-corrected chi connectivity index (χ3v) is 5.01. The number of rotatable bonds is 3. The molecule has 0 aromatic carbocycles. The summed E-state index contributed by atoms with van der Waals surface area (Å²) in [5.41, 5.74) is 3.44. The van der Waals surface area contributed by atoms with Crippen molar-refractivity contribution in [3.05, 3.63) is 17.0 Å². The van der Waals surface area contributed by atoms with Crippen LogP contribution in [-0.4, -0.2) is 39.9 Å². The van der Waals surface area contributed by atoms with Crippen molar-refractivity contribution in [3.8, 4) is 0 Å². The summed E-state index contributed by atoms with van der Waals surface area (Å²) in [5.74, 6) is -1.11. The number of hydrogen-bond acceptors (Lipinski definition) is 2. The molecule has 1 aromatic heterocycles. The van der Waals surface area contributed by atoms with Crippen LogP contribution < -0.4 is 0 Å². The van der Waals surface area contributed by atoms with E-state index in [9.17, 15) is 18.0 Å². The Hall–Kier alpha value is -1.53. The van der Waals surface area contributed by atoms with Crippen LogP contribution in [0.4, 0.5) is 13.2 Å². The number of amides is 1. The van der Waals surface area contributed by atoms with E-state index in [0.29, 0.717) is 0 Å². The summed E-state index contributed by atoms with van der Waals surface area (Å²) in [6, 6.07) is 0. The number of carbonyl (C=O) groups is 1. The molecule has 0 spiro atoms. The van der Waals surface area contributed by atoms with Gasteiger partial charge in [-0.1, -0.05) is 13.8 Å².